The summed E-state index contributed by atoms with van der Waals surface area (Å²) in [6, 6.07) is 3.76. The van der Waals surface area contributed by atoms with Crippen molar-refractivity contribution in [2.45, 2.75) is 20.3 Å². The molecule has 1 saturated carbocycles. The summed E-state index contributed by atoms with van der Waals surface area (Å²) in [7, 11) is 0. The highest BCUT2D eigenvalue weighted by Crippen LogP contribution is 2.40. The molecule has 2 rings (SSSR count). The molecule has 0 amide bonds. The number of ketones is 1. The molecule has 0 aromatic carbocycles. The van der Waals surface area contributed by atoms with Gasteiger partial charge in [0.05, 0.1) is 0 Å². The summed E-state index contributed by atoms with van der Waals surface area (Å²) >= 11 is 0. The summed E-state index contributed by atoms with van der Waals surface area (Å²) in [5, 5.41) is 0. The molecule has 1 fully saturated rings. The first-order valence-corrected chi connectivity index (χ1v) is 4.65. The Balaban J connectivity index is 2.17. The first-order valence-electron chi connectivity index (χ1n) is 4.65. The van der Waals surface area contributed by atoms with E-state index in [9.17, 15) is 4.79 Å². The van der Waals surface area contributed by atoms with Crippen LogP contribution in [-0.4, -0.2) is 10.8 Å². The van der Waals surface area contributed by atoms with Gasteiger partial charge in [0.2, 0.25) is 0 Å². The average Bonchev–Trinajstić information content (AvgIpc) is 2.83. The van der Waals surface area contributed by atoms with Crippen LogP contribution in [0, 0.1) is 18.8 Å². The van der Waals surface area contributed by atoms with Crippen molar-refractivity contribution in [3.05, 3.63) is 29.6 Å². The third kappa shape index (κ3) is 1.62. The predicted molar refractivity (Wildman–Crippen MR) is 50.6 cm³/mol. The molecule has 2 nitrogen and oxygen atoms in total. The number of carbonyl (C=O) groups excluding carboxylic acids is 1. The fourth-order valence-electron chi connectivity index (χ4n) is 1.52. The number of hydrogen-bond acceptors (Lipinski definition) is 2. The van der Waals surface area contributed by atoms with Crippen LogP contribution in [-0.2, 0) is 0 Å². The third-order valence-electron chi connectivity index (χ3n) is 2.64. The number of aromatic nitrogens is 1. The fourth-order valence-corrected chi connectivity index (χ4v) is 1.52. The molecule has 68 valence electrons. The average molecular weight is 175 g/mol. The normalized spacial score (nSPS) is 25.7. The maximum Gasteiger partial charge on any atom is 0.167 e. The molecular formula is C11H13NO. The lowest BCUT2D eigenvalue weighted by atomic mass is 10.1. The van der Waals surface area contributed by atoms with Gasteiger partial charge in [-0.2, -0.15) is 0 Å². The van der Waals surface area contributed by atoms with E-state index in [0.29, 0.717) is 5.92 Å². The van der Waals surface area contributed by atoms with Crippen molar-refractivity contribution in [3.63, 3.8) is 0 Å². The molecule has 0 aliphatic heterocycles. The van der Waals surface area contributed by atoms with Crippen LogP contribution in [0.1, 0.15) is 29.4 Å². The standard InChI is InChI=1S/C11H13NO/c1-7-5-10(7)11(13)9-4-3-8(2)12-6-9/h3-4,6-7,10H,5H2,1-2H3. The molecule has 2 atom stereocenters. The second-order valence-corrected chi connectivity index (χ2v) is 3.87. The molecule has 0 radical (unpaired) electrons. The summed E-state index contributed by atoms with van der Waals surface area (Å²) in [6.07, 6.45) is 2.73. The van der Waals surface area contributed by atoms with Crippen molar-refractivity contribution in [2.24, 2.45) is 11.8 Å². The number of pyridine rings is 1. The Morgan fingerprint density at radius 1 is 1.54 bits per heavy atom. The maximum absolute atomic E-state index is 11.7. The van der Waals surface area contributed by atoms with E-state index in [1.54, 1.807) is 6.20 Å². The molecule has 2 unspecified atom stereocenters. The van der Waals surface area contributed by atoms with Crippen LogP contribution >= 0.6 is 0 Å². The monoisotopic (exact) mass is 175 g/mol. The highest BCUT2D eigenvalue weighted by atomic mass is 16.1. The fraction of sp³-hybridized carbons (Fsp3) is 0.455. The minimum absolute atomic E-state index is 0.264. The minimum atomic E-state index is 0.264. The lowest BCUT2D eigenvalue weighted by Gasteiger charge is -1.98. The SMILES string of the molecule is Cc1ccc(C(=O)C2CC2C)cn1. The Kier molecular flexibility index (Phi) is 1.91. The summed E-state index contributed by atoms with van der Waals surface area (Å²) in [5.74, 6) is 1.11. The van der Waals surface area contributed by atoms with Gasteiger partial charge in [-0.3, -0.25) is 9.78 Å². The Morgan fingerprint density at radius 2 is 2.23 bits per heavy atom. The molecule has 0 bridgehead atoms. The Hall–Kier alpha value is -1.18. The molecule has 13 heavy (non-hydrogen) atoms. The molecule has 2 heteroatoms. The van der Waals surface area contributed by atoms with E-state index >= 15 is 0 Å². The van der Waals surface area contributed by atoms with Crippen LogP contribution in [0.25, 0.3) is 0 Å². The molecule has 1 aliphatic carbocycles. The van der Waals surface area contributed by atoms with Crippen molar-refractivity contribution < 1.29 is 4.79 Å². The van der Waals surface area contributed by atoms with Gasteiger partial charge in [0.25, 0.3) is 0 Å². The summed E-state index contributed by atoms with van der Waals surface area (Å²) < 4.78 is 0. The maximum atomic E-state index is 11.7. The van der Waals surface area contributed by atoms with Crippen LogP contribution in [0.15, 0.2) is 18.3 Å². The van der Waals surface area contributed by atoms with Crippen molar-refractivity contribution in [2.75, 3.05) is 0 Å². The summed E-state index contributed by atoms with van der Waals surface area (Å²) in [5.41, 5.74) is 1.72. The lowest BCUT2D eigenvalue weighted by Crippen LogP contribution is -2.03. The number of aryl methyl sites for hydroxylation is 1. The molecule has 0 spiro atoms. The largest absolute Gasteiger partial charge is 0.294 e. The van der Waals surface area contributed by atoms with Gasteiger partial charge in [0.1, 0.15) is 0 Å². The minimum Gasteiger partial charge on any atom is -0.294 e. The Labute approximate surface area is 78.0 Å². The zero-order chi connectivity index (χ0) is 9.42. The molecule has 1 aliphatic rings. The van der Waals surface area contributed by atoms with Crippen molar-refractivity contribution >= 4 is 5.78 Å². The number of carbonyl (C=O) groups is 1. The van der Waals surface area contributed by atoms with Gasteiger partial charge in [-0.1, -0.05) is 6.92 Å². The zero-order valence-electron chi connectivity index (χ0n) is 7.95. The third-order valence-corrected chi connectivity index (χ3v) is 2.64. The van der Waals surface area contributed by atoms with Gasteiger partial charge in [0.15, 0.2) is 5.78 Å². The quantitative estimate of drug-likeness (QED) is 0.645. The van der Waals surface area contributed by atoms with Gasteiger partial charge in [0, 0.05) is 23.4 Å². The van der Waals surface area contributed by atoms with Crippen LogP contribution in [0.2, 0.25) is 0 Å². The van der Waals surface area contributed by atoms with Gasteiger partial charge < -0.3 is 0 Å². The topological polar surface area (TPSA) is 30.0 Å². The van der Waals surface area contributed by atoms with Crippen LogP contribution in [0.3, 0.4) is 0 Å². The van der Waals surface area contributed by atoms with Crippen molar-refractivity contribution in [1.29, 1.82) is 0 Å². The van der Waals surface area contributed by atoms with E-state index in [4.69, 9.17) is 0 Å². The van der Waals surface area contributed by atoms with E-state index in [-0.39, 0.29) is 11.7 Å². The molecular weight excluding hydrogens is 162 g/mol. The van der Waals surface area contributed by atoms with Gasteiger partial charge in [-0.25, -0.2) is 0 Å². The van der Waals surface area contributed by atoms with Crippen molar-refractivity contribution in [1.82, 2.24) is 4.98 Å². The van der Waals surface area contributed by atoms with Gasteiger partial charge in [-0.15, -0.1) is 0 Å². The Bertz CT molecular complexity index is 328. The van der Waals surface area contributed by atoms with Crippen molar-refractivity contribution in [3.8, 4) is 0 Å². The van der Waals surface area contributed by atoms with Gasteiger partial charge >= 0.3 is 0 Å². The number of nitrogens with zero attached hydrogens (tertiary/aromatic N) is 1. The zero-order valence-corrected chi connectivity index (χ0v) is 7.95. The van der Waals surface area contributed by atoms with Crippen LogP contribution in [0.4, 0.5) is 0 Å². The van der Waals surface area contributed by atoms with E-state index in [2.05, 4.69) is 11.9 Å². The first-order chi connectivity index (χ1) is 6.18. The highest BCUT2D eigenvalue weighted by molar-refractivity contribution is 5.99. The molecule has 1 aromatic rings. The highest BCUT2D eigenvalue weighted by Gasteiger charge is 2.39. The van der Waals surface area contributed by atoms with E-state index in [1.165, 1.54) is 0 Å². The number of Topliss-reactive ketones (excluding diaryl/α,β-unsaturated/α-hetero) is 1. The van der Waals surface area contributed by atoms with Crippen LogP contribution in [0.5, 0.6) is 0 Å². The van der Waals surface area contributed by atoms with Crippen LogP contribution < -0.4 is 0 Å². The molecule has 0 N–H and O–H groups in total. The summed E-state index contributed by atoms with van der Waals surface area (Å²) in [4.78, 5) is 15.8. The molecule has 1 heterocycles. The first kappa shape index (κ1) is 8.42. The number of hydrogen-bond donors (Lipinski definition) is 0. The van der Waals surface area contributed by atoms with E-state index < -0.39 is 0 Å². The van der Waals surface area contributed by atoms with E-state index in [0.717, 1.165) is 17.7 Å². The molecule has 1 aromatic heterocycles. The Morgan fingerprint density at radius 3 is 2.69 bits per heavy atom. The second-order valence-electron chi connectivity index (χ2n) is 3.87. The van der Waals surface area contributed by atoms with Gasteiger partial charge in [-0.05, 0) is 31.4 Å². The second kappa shape index (κ2) is 2.95. The lowest BCUT2D eigenvalue weighted by molar-refractivity contribution is 0.0962. The molecule has 0 saturated heterocycles. The smallest absolute Gasteiger partial charge is 0.167 e. The predicted octanol–water partition coefficient (Wildman–Crippen LogP) is 2.23. The number of rotatable bonds is 2. The van der Waals surface area contributed by atoms with E-state index in [1.807, 2.05) is 19.1 Å². The summed E-state index contributed by atoms with van der Waals surface area (Å²) in [6.45, 7) is 4.04.